The van der Waals surface area contributed by atoms with Gasteiger partial charge in [0.05, 0.1) is 7.11 Å². The molecule has 4 nitrogen and oxygen atoms in total. The van der Waals surface area contributed by atoms with Gasteiger partial charge in [-0.1, -0.05) is 56.3 Å². The van der Waals surface area contributed by atoms with E-state index in [0.717, 1.165) is 11.3 Å². The Morgan fingerprint density at radius 2 is 1.68 bits per heavy atom. The second-order valence-corrected chi connectivity index (χ2v) is 6.73. The number of methoxy groups -OCH3 is 1. The van der Waals surface area contributed by atoms with Gasteiger partial charge in [0.15, 0.2) is 6.04 Å². The minimum atomic E-state index is -0.147. The van der Waals surface area contributed by atoms with Crippen molar-refractivity contribution in [1.29, 1.82) is 0 Å². The minimum Gasteiger partial charge on any atom is -0.497 e. The molecule has 0 bridgehead atoms. The third-order valence-electron chi connectivity index (χ3n) is 4.44. The van der Waals surface area contributed by atoms with Crippen molar-refractivity contribution >= 4 is 5.91 Å². The summed E-state index contributed by atoms with van der Waals surface area (Å²) in [6.45, 7) is 6.87. The Morgan fingerprint density at radius 3 is 2.24 bits per heavy atom. The molecule has 1 amide bonds. The first-order chi connectivity index (χ1) is 12.0. The number of carbonyl (C=O) groups excluding carboxylic acids is 1. The first kappa shape index (κ1) is 19.0. The highest BCUT2D eigenvalue weighted by Gasteiger charge is 2.25. The van der Waals surface area contributed by atoms with Gasteiger partial charge in [-0.15, -0.1) is 0 Å². The lowest BCUT2D eigenvalue weighted by molar-refractivity contribution is -0.719. The van der Waals surface area contributed by atoms with E-state index < -0.39 is 0 Å². The van der Waals surface area contributed by atoms with E-state index in [4.69, 9.17) is 4.74 Å². The lowest BCUT2D eigenvalue weighted by atomic mass is 9.95. The molecule has 2 atom stereocenters. The van der Waals surface area contributed by atoms with Gasteiger partial charge in [-0.25, -0.2) is 0 Å². The van der Waals surface area contributed by atoms with Crippen LogP contribution >= 0.6 is 0 Å². The van der Waals surface area contributed by atoms with Crippen LogP contribution in [0.15, 0.2) is 54.6 Å². The molecule has 0 spiro atoms. The van der Waals surface area contributed by atoms with Crippen molar-refractivity contribution in [3.63, 3.8) is 0 Å². The van der Waals surface area contributed by atoms with E-state index in [1.807, 2.05) is 49.4 Å². The molecule has 0 aromatic heterocycles. The van der Waals surface area contributed by atoms with Crippen molar-refractivity contribution in [3.05, 3.63) is 65.7 Å². The Bertz CT molecular complexity index is 653. The average molecular weight is 341 g/mol. The zero-order valence-corrected chi connectivity index (χ0v) is 15.5. The fourth-order valence-corrected chi connectivity index (χ4v) is 2.89. The standard InChI is InChI=1S/C21H28N2O2/c1-15(2)20(18-8-6-5-7-9-18)23-16(3)21(24)22-14-17-10-12-19(25-4)13-11-17/h5-13,15-16,20,23H,14H2,1-4H3,(H,22,24)/p+1/t16-,20-/m1/s1. The summed E-state index contributed by atoms with van der Waals surface area (Å²) in [5.41, 5.74) is 2.32. The van der Waals surface area contributed by atoms with Crippen molar-refractivity contribution < 1.29 is 14.8 Å². The second kappa shape index (κ2) is 9.23. The van der Waals surface area contributed by atoms with Crippen molar-refractivity contribution in [2.75, 3.05) is 7.11 Å². The highest BCUT2D eigenvalue weighted by atomic mass is 16.5. The van der Waals surface area contributed by atoms with E-state index in [0.29, 0.717) is 12.5 Å². The molecule has 0 radical (unpaired) electrons. The van der Waals surface area contributed by atoms with Gasteiger partial charge < -0.3 is 15.4 Å². The summed E-state index contributed by atoms with van der Waals surface area (Å²) in [6.07, 6.45) is 0. The van der Waals surface area contributed by atoms with Gasteiger partial charge in [-0.3, -0.25) is 4.79 Å². The topological polar surface area (TPSA) is 54.9 Å². The maximum absolute atomic E-state index is 12.5. The molecule has 0 saturated carbocycles. The SMILES string of the molecule is COc1ccc(CNC(=O)[C@@H](C)[NH2+][C@@H](c2ccccc2)C(C)C)cc1. The zero-order chi connectivity index (χ0) is 18.2. The maximum atomic E-state index is 12.5. The van der Waals surface area contributed by atoms with E-state index in [-0.39, 0.29) is 18.0 Å². The highest BCUT2D eigenvalue weighted by Crippen LogP contribution is 2.17. The van der Waals surface area contributed by atoms with Crippen LogP contribution in [0, 0.1) is 5.92 Å². The van der Waals surface area contributed by atoms with Crippen molar-refractivity contribution in [3.8, 4) is 5.75 Å². The summed E-state index contributed by atoms with van der Waals surface area (Å²) in [5.74, 6) is 1.32. The van der Waals surface area contributed by atoms with Crippen LogP contribution in [0.3, 0.4) is 0 Å². The Morgan fingerprint density at radius 1 is 1.04 bits per heavy atom. The van der Waals surface area contributed by atoms with E-state index in [1.54, 1.807) is 7.11 Å². The number of hydrogen-bond donors (Lipinski definition) is 2. The number of rotatable bonds is 8. The minimum absolute atomic E-state index is 0.0531. The Labute approximate surface area is 150 Å². The predicted molar refractivity (Wildman–Crippen MR) is 100 cm³/mol. The van der Waals surface area contributed by atoms with Crippen LogP contribution < -0.4 is 15.4 Å². The summed E-state index contributed by atoms with van der Waals surface area (Å²) >= 11 is 0. The van der Waals surface area contributed by atoms with E-state index in [2.05, 4.69) is 36.6 Å². The van der Waals surface area contributed by atoms with Gasteiger partial charge in [0.25, 0.3) is 5.91 Å². The number of quaternary nitrogens is 1. The molecular formula is C21H29N2O2+. The summed E-state index contributed by atoms with van der Waals surface area (Å²) in [5, 5.41) is 5.18. The molecule has 0 saturated heterocycles. The fraction of sp³-hybridized carbons (Fsp3) is 0.381. The molecule has 2 rings (SSSR count). The smallest absolute Gasteiger partial charge is 0.278 e. The van der Waals surface area contributed by atoms with Crippen molar-refractivity contribution in [2.24, 2.45) is 5.92 Å². The zero-order valence-electron chi connectivity index (χ0n) is 15.5. The van der Waals surface area contributed by atoms with Gasteiger partial charge in [-0.2, -0.15) is 0 Å². The quantitative estimate of drug-likeness (QED) is 0.775. The van der Waals surface area contributed by atoms with Gasteiger partial charge in [0.1, 0.15) is 11.8 Å². The molecule has 2 aromatic carbocycles. The van der Waals surface area contributed by atoms with Crippen LogP contribution in [-0.4, -0.2) is 19.1 Å². The van der Waals surface area contributed by atoms with Crippen LogP contribution in [0.25, 0.3) is 0 Å². The summed E-state index contributed by atoms with van der Waals surface area (Å²) in [7, 11) is 1.65. The molecule has 0 aliphatic carbocycles. The first-order valence-electron chi connectivity index (χ1n) is 8.82. The van der Waals surface area contributed by atoms with Gasteiger partial charge >= 0.3 is 0 Å². The third-order valence-corrected chi connectivity index (χ3v) is 4.44. The molecule has 0 fully saturated rings. The van der Waals surface area contributed by atoms with Crippen LogP contribution in [0.2, 0.25) is 0 Å². The van der Waals surface area contributed by atoms with Crippen molar-refractivity contribution in [1.82, 2.24) is 5.32 Å². The predicted octanol–water partition coefficient (Wildman–Crippen LogP) is 2.66. The van der Waals surface area contributed by atoms with E-state index in [1.165, 1.54) is 5.56 Å². The number of nitrogens with two attached hydrogens (primary N) is 1. The normalized spacial score (nSPS) is 13.3. The summed E-state index contributed by atoms with van der Waals surface area (Å²) in [6, 6.07) is 18.2. The Balaban J connectivity index is 1.91. The number of hydrogen-bond acceptors (Lipinski definition) is 2. The van der Waals surface area contributed by atoms with Crippen LogP contribution in [0.4, 0.5) is 0 Å². The highest BCUT2D eigenvalue weighted by molar-refractivity contribution is 5.79. The molecule has 134 valence electrons. The second-order valence-electron chi connectivity index (χ2n) is 6.73. The van der Waals surface area contributed by atoms with E-state index in [9.17, 15) is 4.79 Å². The number of ether oxygens (including phenoxy) is 1. The summed E-state index contributed by atoms with van der Waals surface area (Å²) in [4.78, 5) is 12.5. The molecular weight excluding hydrogens is 312 g/mol. The molecule has 25 heavy (non-hydrogen) atoms. The molecule has 0 aliphatic rings. The maximum Gasteiger partial charge on any atom is 0.278 e. The number of carbonyl (C=O) groups is 1. The largest absolute Gasteiger partial charge is 0.497 e. The third kappa shape index (κ3) is 5.61. The van der Waals surface area contributed by atoms with Crippen LogP contribution in [-0.2, 0) is 11.3 Å². The summed E-state index contributed by atoms with van der Waals surface area (Å²) < 4.78 is 5.15. The van der Waals surface area contributed by atoms with Gasteiger partial charge in [0.2, 0.25) is 0 Å². The van der Waals surface area contributed by atoms with E-state index >= 15 is 0 Å². The first-order valence-corrected chi connectivity index (χ1v) is 8.82. The molecule has 2 aromatic rings. The Kier molecular flexibility index (Phi) is 7.02. The fourth-order valence-electron chi connectivity index (χ4n) is 2.89. The lowest BCUT2D eigenvalue weighted by Crippen LogP contribution is -2.93. The molecule has 0 heterocycles. The van der Waals surface area contributed by atoms with Crippen LogP contribution in [0.1, 0.15) is 37.9 Å². The molecule has 0 aliphatic heterocycles. The molecule has 3 N–H and O–H groups in total. The van der Waals surface area contributed by atoms with Crippen molar-refractivity contribution in [2.45, 2.75) is 39.4 Å². The number of amides is 1. The lowest BCUT2D eigenvalue weighted by Gasteiger charge is -2.23. The monoisotopic (exact) mass is 341 g/mol. The molecule has 0 unspecified atom stereocenters. The van der Waals surface area contributed by atoms with Gasteiger partial charge in [-0.05, 0) is 24.6 Å². The Hall–Kier alpha value is -2.33. The number of nitrogens with one attached hydrogen (secondary N) is 1. The number of benzene rings is 2. The van der Waals surface area contributed by atoms with Gasteiger partial charge in [0, 0.05) is 18.0 Å². The molecule has 4 heteroatoms. The van der Waals surface area contributed by atoms with Crippen LogP contribution in [0.5, 0.6) is 5.75 Å². The average Bonchev–Trinajstić information content (AvgIpc) is 2.64.